The number of carbonyl (C=O) groups excluding carboxylic acids is 2. The topological polar surface area (TPSA) is 64.7 Å². The van der Waals surface area contributed by atoms with Crippen LogP contribution in [0.15, 0.2) is 24.3 Å². The maximum Gasteiger partial charge on any atom is 0.321 e. The summed E-state index contributed by atoms with van der Waals surface area (Å²) in [5.74, 6) is 0.0983. The van der Waals surface area contributed by atoms with Gasteiger partial charge in [0.2, 0.25) is 0 Å². The standard InChI is InChI=1S/C18H26N4O2/c1-2-12-21(16-7-9-19-10-8-16)17(23)14-3-5-15(6-4-14)22-13-11-20-18(22)24/h3-6,16,19H,2,7-13H2,1H3,(H,20,24). The van der Waals surface area contributed by atoms with Gasteiger partial charge in [-0.3, -0.25) is 9.69 Å². The average Bonchev–Trinajstić information content (AvgIpc) is 3.06. The monoisotopic (exact) mass is 330 g/mol. The van der Waals surface area contributed by atoms with Crippen LogP contribution in [0.2, 0.25) is 0 Å². The van der Waals surface area contributed by atoms with Crippen molar-refractivity contribution >= 4 is 17.6 Å². The SMILES string of the molecule is CCCN(C(=O)c1ccc(N2CCNC2=O)cc1)C1CCNCC1. The average molecular weight is 330 g/mol. The predicted molar refractivity (Wildman–Crippen MR) is 94.4 cm³/mol. The Bertz CT molecular complexity index is 581. The van der Waals surface area contributed by atoms with Gasteiger partial charge in [-0.2, -0.15) is 0 Å². The lowest BCUT2D eigenvalue weighted by Crippen LogP contribution is -2.46. The van der Waals surface area contributed by atoms with E-state index in [9.17, 15) is 9.59 Å². The summed E-state index contributed by atoms with van der Waals surface area (Å²) in [6.45, 7) is 6.18. The molecule has 0 bridgehead atoms. The molecule has 0 saturated carbocycles. The lowest BCUT2D eigenvalue weighted by Gasteiger charge is -2.34. The number of piperidine rings is 1. The molecule has 0 atom stereocenters. The first-order chi connectivity index (χ1) is 11.7. The molecule has 130 valence electrons. The molecule has 24 heavy (non-hydrogen) atoms. The highest BCUT2D eigenvalue weighted by Gasteiger charge is 2.26. The zero-order chi connectivity index (χ0) is 16.9. The Morgan fingerprint density at radius 1 is 1.21 bits per heavy atom. The van der Waals surface area contributed by atoms with Crippen molar-refractivity contribution < 1.29 is 9.59 Å². The fraction of sp³-hybridized carbons (Fsp3) is 0.556. The highest BCUT2D eigenvalue weighted by Crippen LogP contribution is 2.20. The van der Waals surface area contributed by atoms with Crippen molar-refractivity contribution in [3.63, 3.8) is 0 Å². The van der Waals surface area contributed by atoms with Gasteiger partial charge in [0.05, 0.1) is 0 Å². The summed E-state index contributed by atoms with van der Waals surface area (Å²) >= 11 is 0. The molecule has 2 N–H and O–H groups in total. The molecule has 2 aliphatic rings. The van der Waals surface area contributed by atoms with E-state index >= 15 is 0 Å². The molecule has 1 aromatic carbocycles. The van der Waals surface area contributed by atoms with E-state index in [1.165, 1.54) is 0 Å². The number of amides is 3. The number of anilines is 1. The largest absolute Gasteiger partial charge is 0.336 e. The smallest absolute Gasteiger partial charge is 0.321 e. The van der Waals surface area contributed by atoms with E-state index in [0.717, 1.165) is 44.6 Å². The van der Waals surface area contributed by atoms with E-state index in [-0.39, 0.29) is 11.9 Å². The van der Waals surface area contributed by atoms with Gasteiger partial charge in [0.1, 0.15) is 0 Å². The third-order valence-electron chi connectivity index (χ3n) is 4.76. The molecule has 3 rings (SSSR count). The number of nitrogens with one attached hydrogen (secondary N) is 2. The van der Waals surface area contributed by atoms with Crippen LogP contribution in [0, 0.1) is 0 Å². The molecule has 2 saturated heterocycles. The molecular weight excluding hydrogens is 304 g/mol. The van der Waals surface area contributed by atoms with Gasteiger partial charge in [0.25, 0.3) is 5.91 Å². The number of nitrogens with zero attached hydrogens (tertiary/aromatic N) is 2. The molecule has 0 radical (unpaired) electrons. The zero-order valence-corrected chi connectivity index (χ0v) is 14.3. The first kappa shape index (κ1) is 16.8. The number of carbonyl (C=O) groups is 2. The van der Waals surface area contributed by atoms with E-state index in [2.05, 4.69) is 17.6 Å². The minimum Gasteiger partial charge on any atom is -0.336 e. The second-order valence-corrected chi connectivity index (χ2v) is 6.41. The maximum atomic E-state index is 12.9. The van der Waals surface area contributed by atoms with Gasteiger partial charge < -0.3 is 15.5 Å². The Kier molecular flexibility index (Phi) is 5.35. The molecule has 0 aromatic heterocycles. The normalized spacial score (nSPS) is 18.5. The summed E-state index contributed by atoms with van der Waals surface area (Å²) in [7, 11) is 0. The Morgan fingerprint density at radius 2 is 1.92 bits per heavy atom. The summed E-state index contributed by atoms with van der Waals surface area (Å²) in [5, 5.41) is 6.14. The van der Waals surface area contributed by atoms with Crippen molar-refractivity contribution in [1.29, 1.82) is 0 Å². The molecule has 3 amide bonds. The molecule has 1 aromatic rings. The fourth-order valence-electron chi connectivity index (χ4n) is 3.48. The minimum atomic E-state index is -0.0728. The molecule has 2 aliphatic heterocycles. The van der Waals surface area contributed by atoms with Crippen LogP contribution in [0.3, 0.4) is 0 Å². The third kappa shape index (κ3) is 3.53. The van der Waals surface area contributed by atoms with Crippen LogP contribution in [0.4, 0.5) is 10.5 Å². The summed E-state index contributed by atoms with van der Waals surface area (Å²) in [6.07, 6.45) is 2.98. The third-order valence-corrected chi connectivity index (χ3v) is 4.76. The maximum absolute atomic E-state index is 12.9. The molecule has 6 heteroatoms. The van der Waals surface area contributed by atoms with Gasteiger partial charge in [-0.15, -0.1) is 0 Å². The Balaban J connectivity index is 1.73. The molecule has 6 nitrogen and oxygen atoms in total. The van der Waals surface area contributed by atoms with Crippen molar-refractivity contribution in [3.05, 3.63) is 29.8 Å². The highest BCUT2D eigenvalue weighted by atomic mass is 16.2. The Hall–Kier alpha value is -2.08. The van der Waals surface area contributed by atoms with Gasteiger partial charge in [-0.05, 0) is 56.6 Å². The second-order valence-electron chi connectivity index (χ2n) is 6.41. The van der Waals surface area contributed by atoms with Gasteiger partial charge in [0.15, 0.2) is 0 Å². The summed E-state index contributed by atoms with van der Waals surface area (Å²) in [4.78, 5) is 28.4. The van der Waals surface area contributed by atoms with Crippen LogP contribution in [0.1, 0.15) is 36.5 Å². The van der Waals surface area contributed by atoms with Gasteiger partial charge in [-0.25, -0.2) is 4.79 Å². The summed E-state index contributed by atoms with van der Waals surface area (Å²) in [5.41, 5.74) is 1.54. The molecule has 0 unspecified atom stereocenters. The van der Waals surface area contributed by atoms with E-state index in [4.69, 9.17) is 0 Å². The van der Waals surface area contributed by atoms with Gasteiger partial charge in [-0.1, -0.05) is 6.92 Å². The van der Waals surface area contributed by atoms with Gasteiger partial charge in [0, 0.05) is 36.9 Å². The molecule has 0 aliphatic carbocycles. The number of benzene rings is 1. The van der Waals surface area contributed by atoms with E-state index in [1.54, 1.807) is 4.90 Å². The van der Waals surface area contributed by atoms with Crippen molar-refractivity contribution in [2.75, 3.05) is 37.6 Å². The van der Waals surface area contributed by atoms with E-state index in [1.807, 2.05) is 29.2 Å². The zero-order valence-electron chi connectivity index (χ0n) is 14.3. The summed E-state index contributed by atoms with van der Waals surface area (Å²) < 4.78 is 0. The molecular formula is C18H26N4O2. The molecule has 2 fully saturated rings. The Morgan fingerprint density at radius 3 is 2.50 bits per heavy atom. The molecule has 2 heterocycles. The quantitative estimate of drug-likeness (QED) is 0.865. The van der Waals surface area contributed by atoms with Crippen molar-refractivity contribution in [1.82, 2.24) is 15.5 Å². The lowest BCUT2D eigenvalue weighted by molar-refractivity contribution is 0.0642. The van der Waals surface area contributed by atoms with Crippen LogP contribution < -0.4 is 15.5 Å². The van der Waals surface area contributed by atoms with E-state index in [0.29, 0.717) is 24.7 Å². The summed E-state index contributed by atoms with van der Waals surface area (Å²) in [6, 6.07) is 7.66. The van der Waals surface area contributed by atoms with E-state index < -0.39 is 0 Å². The van der Waals surface area contributed by atoms with Gasteiger partial charge >= 0.3 is 6.03 Å². The van der Waals surface area contributed by atoms with Crippen LogP contribution in [-0.2, 0) is 0 Å². The van der Waals surface area contributed by atoms with Crippen molar-refractivity contribution in [2.24, 2.45) is 0 Å². The first-order valence-electron chi connectivity index (χ1n) is 8.88. The highest BCUT2D eigenvalue weighted by molar-refractivity contribution is 5.97. The lowest BCUT2D eigenvalue weighted by atomic mass is 10.0. The first-order valence-corrected chi connectivity index (χ1v) is 8.88. The second kappa shape index (κ2) is 7.66. The van der Waals surface area contributed by atoms with Crippen LogP contribution in [-0.4, -0.2) is 55.6 Å². The Labute approximate surface area is 143 Å². The number of hydrogen-bond acceptors (Lipinski definition) is 3. The fourth-order valence-corrected chi connectivity index (χ4v) is 3.48. The number of hydrogen-bond donors (Lipinski definition) is 2. The van der Waals surface area contributed by atoms with Crippen LogP contribution >= 0.6 is 0 Å². The minimum absolute atomic E-state index is 0.0728. The van der Waals surface area contributed by atoms with Crippen molar-refractivity contribution in [3.8, 4) is 0 Å². The number of rotatable bonds is 5. The van der Waals surface area contributed by atoms with Crippen LogP contribution in [0.5, 0.6) is 0 Å². The van der Waals surface area contributed by atoms with Crippen LogP contribution in [0.25, 0.3) is 0 Å². The number of urea groups is 1. The molecule has 0 spiro atoms. The predicted octanol–water partition coefficient (Wildman–Crippen LogP) is 1.82. The van der Waals surface area contributed by atoms with Crippen molar-refractivity contribution in [2.45, 2.75) is 32.2 Å².